The summed E-state index contributed by atoms with van der Waals surface area (Å²) in [5.41, 5.74) is 2.84. The number of benzene rings is 1. The maximum Gasteiger partial charge on any atom is 0.0423 e. The van der Waals surface area contributed by atoms with Crippen molar-refractivity contribution in [3.05, 3.63) is 28.2 Å². The average molecular weight is 351 g/mol. The summed E-state index contributed by atoms with van der Waals surface area (Å²) in [6, 6.07) is 8.21. The molecule has 0 heterocycles. The second-order valence-corrected chi connectivity index (χ2v) is 7.87. The van der Waals surface area contributed by atoms with E-state index in [1.54, 1.807) is 0 Å². The molecule has 1 N–H and O–H groups in total. The Morgan fingerprint density at radius 3 is 2.52 bits per heavy atom. The summed E-state index contributed by atoms with van der Waals surface area (Å²) in [7, 11) is 2.28. The van der Waals surface area contributed by atoms with Crippen LogP contribution >= 0.6 is 15.9 Å². The number of halogens is 1. The standard InChI is InChI=1S/C18H27BrN2/c1-13-3-9-17(10-4-13)21(2)18-11-15(19)6-5-14(18)12-20-16-7-8-16/h5-6,11,13,16-17,20H,3-4,7-10,12H2,1-2H3. The van der Waals surface area contributed by atoms with Gasteiger partial charge in [0.2, 0.25) is 0 Å². The summed E-state index contributed by atoms with van der Waals surface area (Å²) in [4.78, 5) is 2.53. The summed E-state index contributed by atoms with van der Waals surface area (Å²) in [6.07, 6.45) is 8.11. The summed E-state index contributed by atoms with van der Waals surface area (Å²) >= 11 is 3.64. The number of anilines is 1. The lowest BCUT2D eigenvalue weighted by Gasteiger charge is -2.36. The van der Waals surface area contributed by atoms with Crippen LogP contribution in [0.3, 0.4) is 0 Å². The molecule has 1 aromatic rings. The van der Waals surface area contributed by atoms with E-state index < -0.39 is 0 Å². The highest BCUT2D eigenvalue weighted by Crippen LogP contribution is 2.33. The highest BCUT2D eigenvalue weighted by atomic mass is 79.9. The molecule has 21 heavy (non-hydrogen) atoms. The van der Waals surface area contributed by atoms with E-state index in [-0.39, 0.29) is 0 Å². The Balaban J connectivity index is 1.73. The minimum atomic E-state index is 0.704. The molecule has 0 unspecified atom stereocenters. The van der Waals surface area contributed by atoms with Crippen LogP contribution in [0.4, 0.5) is 5.69 Å². The number of nitrogens with zero attached hydrogens (tertiary/aromatic N) is 1. The van der Waals surface area contributed by atoms with Crippen LogP contribution in [0.2, 0.25) is 0 Å². The van der Waals surface area contributed by atoms with Crippen molar-refractivity contribution in [1.29, 1.82) is 0 Å². The van der Waals surface area contributed by atoms with E-state index in [0.29, 0.717) is 6.04 Å². The Morgan fingerprint density at radius 2 is 1.86 bits per heavy atom. The van der Waals surface area contributed by atoms with Crippen LogP contribution in [0, 0.1) is 5.92 Å². The zero-order valence-electron chi connectivity index (χ0n) is 13.2. The van der Waals surface area contributed by atoms with Gasteiger partial charge in [-0.3, -0.25) is 0 Å². The predicted octanol–water partition coefficient (Wildman–Crippen LogP) is 4.72. The Bertz CT molecular complexity index is 476. The van der Waals surface area contributed by atoms with E-state index in [2.05, 4.69) is 58.3 Å². The lowest BCUT2D eigenvalue weighted by Crippen LogP contribution is -2.35. The van der Waals surface area contributed by atoms with Gasteiger partial charge in [-0.25, -0.2) is 0 Å². The third kappa shape index (κ3) is 4.01. The fourth-order valence-corrected chi connectivity index (χ4v) is 3.73. The molecule has 1 aromatic carbocycles. The summed E-state index contributed by atoms with van der Waals surface area (Å²) < 4.78 is 1.18. The minimum Gasteiger partial charge on any atom is -0.371 e. The number of rotatable bonds is 5. The number of nitrogens with one attached hydrogen (secondary N) is 1. The molecule has 2 fully saturated rings. The quantitative estimate of drug-likeness (QED) is 0.826. The molecule has 2 aliphatic rings. The van der Waals surface area contributed by atoms with Gasteiger partial charge >= 0.3 is 0 Å². The Kier molecular flexibility index (Phi) is 4.90. The molecule has 0 aromatic heterocycles. The van der Waals surface area contributed by atoms with Crippen LogP contribution in [0.5, 0.6) is 0 Å². The third-order valence-corrected chi connectivity index (χ3v) is 5.61. The maximum absolute atomic E-state index is 3.66. The van der Waals surface area contributed by atoms with Crippen molar-refractivity contribution in [2.75, 3.05) is 11.9 Å². The lowest BCUT2D eigenvalue weighted by molar-refractivity contribution is 0.340. The van der Waals surface area contributed by atoms with Gasteiger partial charge < -0.3 is 10.2 Å². The molecule has 0 aliphatic heterocycles. The van der Waals surface area contributed by atoms with Gasteiger partial charge in [0.25, 0.3) is 0 Å². The largest absolute Gasteiger partial charge is 0.371 e. The fraction of sp³-hybridized carbons (Fsp3) is 0.667. The van der Waals surface area contributed by atoms with Crippen LogP contribution < -0.4 is 10.2 Å². The Labute approximate surface area is 137 Å². The average Bonchev–Trinajstić information content (AvgIpc) is 3.30. The maximum atomic E-state index is 3.66. The SMILES string of the molecule is CC1CCC(N(C)c2cc(Br)ccc2CNC2CC2)CC1. The van der Waals surface area contributed by atoms with Gasteiger partial charge in [0.1, 0.15) is 0 Å². The second-order valence-electron chi connectivity index (χ2n) is 6.95. The van der Waals surface area contributed by atoms with Gasteiger partial charge in [-0.15, -0.1) is 0 Å². The normalized spacial score (nSPS) is 25.9. The van der Waals surface area contributed by atoms with Gasteiger partial charge in [0, 0.05) is 35.8 Å². The molecule has 0 radical (unpaired) electrons. The first kappa shape index (κ1) is 15.4. The van der Waals surface area contributed by atoms with Crippen molar-refractivity contribution < 1.29 is 0 Å². The van der Waals surface area contributed by atoms with Crippen LogP contribution in [-0.2, 0) is 6.54 Å². The molecule has 0 saturated heterocycles. The van der Waals surface area contributed by atoms with E-state index in [4.69, 9.17) is 0 Å². The monoisotopic (exact) mass is 350 g/mol. The Hall–Kier alpha value is -0.540. The van der Waals surface area contributed by atoms with Gasteiger partial charge in [-0.05, 0) is 62.1 Å². The third-order valence-electron chi connectivity index (χ3n) is 5.12. The molecule has 3 heteroatoms. The van der Waals surface area contributed by atoms with Gasteiger partial charge in [0.05, 0.1) is 0 Å². The van der Waals surface area contributed by atoms with Gasteiger partial charge in [-0.2, -0.15) is 0 Å². The summed E-state index contributed by atoms with van der Waals surface area (Å²) in [5.74, 6) is 0.910. The highest BCUT2D eigenvalue weighted by molar-refractivity contribution is 9.10. The van der Waals surface area contributed by atoms with Crippen molar-refractivity contribution in [3.8, 4) is 0 Å². The number of hydrogen-bond acceptors (Lipinski definition) is 2. The molecule has 0 atom stereocenters. The molecule has 2 aliphatic carbocycles. The molecule has 2 nitrogen and oxygen atoms in total. The molecule has 2 saturated carbocycles. The van der Waals surface area contributed by atoms with Crippen molar-refractivity contribution in [1.82, 2.24) is 5.32 Å². The molecular weight excluding hydrogens is 324 g/mol. The van der Waals surface area contributed by atoms with E-state index in [0.717, 1.165) is 18.5 Å². The van der Waals surface area contributed by atoms with Gasteiger partial charge in [-0.1, -0.05) is 28.9 Å². The van der Waals surface area contributed by atoms with Crippen molar-refractivity contribution >= 4 is 21.6 Å². The summed E-state index contributed by atoms with van der Waals surface area (Å²) in [6.45, 7) is 3.39. The molecule has 116 valence electrons. The lowest BCUT2D eigenvalue weighted by atomic mass is 9.86. The van der Waals surface area contributed by atoms with E-state index in [1.165, 1.54) is 54.2 Å². The highest BCUT2D eigenvalue weighted by Gasteiger charge is 2.24. The van der Waals surface area contributed by atoms with Crippen molar-refractivity contribution in [2.45, 2.75) is 64.1 Å². The van der Waals surface area contributed by atoms with Crippen LogP contribution in [0.1, 0.15) is 51.0 Å². The first-order valence-corrected chi connectivity index (χ1v) is 9.17. The fourth-order valence-electron chi connectivity index (χ4n) is 3.38. The van der Waals surface area contributed by atoms with Gasteiger partial charge in [0.15, 0.2) is 0 Å². The van der Waals surface area contributed by atoms with Crippen molar-refractivity contribution in [2.24, 2.45) is 5.92 Å². The van der Waals surface area contributed by atoms with E-state index in [1.807, 2.05) is 0 Å². The molecule has 0 spiro atoms. The number of hydrogen-bond donors (Lipinski definition) is 1. The first-order chi connectivity index (χ1) is 10.1. The Morgan fingerprint density at radius 1 is 1.14 bits per heavy atom. The molecule has 3 rings (SSSR count). The second kappa shape index (κ2) is 6.70. The zero-order chi connectivity index (χ0) is 14.8. The van der Waals surface area contributed by atoms with Crippen LogP contribution in [-0.4, -0.2) is 19.1 Å². The summed E-state index contributed by atoms with van der Waals surface area (Å²) in [5, 5.41) is 3.66. The smallest absolute Gasteiger partial charge is 0.0423 e. The zero-order valence-corrected chi connectivity index (χ0v) is 14.8. The molecular formula is C18H27BrN2. The van der Waals surface area contributed by atoms with Crippen molar-refractivity contribution in [3.63, 3.8) is 0 Å². The van der Waals surface area contributed by atoms with Crippen LogP contribution in [0.15, 0.2) is 22.7 Å². The topological polar surface area (TPSA) is 15.3 Å². The van der Waals surface area contributed by atoms with E-state index >= 15 is 0 Å². The minimum absolute atomic E-state index is 0.704. The molecule has 0 bridgehead atoms. The molecule has 0 amide bonds. The first-order valence-electron chi connectivity index (χ1n) is 8.38. The predicted molar refractivity (Wildman–Crippen MR) is 93.8 cm³/mol. The van der Waals surface area contributed by atoms with Crippen LogP contribution in [0.25, 0.3) is 0 Å². The van der Waals surface area contributed by atoms with E-state index in [9.17, 15) is 0 Å².